The van der Waals surface area contributed by atoms with E-state index in [9.17, 15) is 9.18 Å². The molecule has 3 nitrogen and oxygen atoms in total. The molecule has 0 spiro atoms. The Hall–Kier alpha value is -1.94. The second-order valence-corrected chi connectivity index (χ2v) is 5.14. The molecule has 1 aromatic carbocycles. The van der Waals surface area contributed by atoms with Crippen LogP contribution in [0, 0.1) is 12.7 Å². The molecule has 0 atom stereocenters. The van der Waals surface area contributed by atoms with E-state index in [1.54, 1.807) is 23.4 Å². The molecule has 0 bridgehead atoms. The monoisotopic (exact) mass is 290 g/mol. The molecule has 1 amide bonds. The van der Waals surface area contributed by atoms with Gasteiger partial charge in [-0.15, -0.1) is 0 Å². The van der Waals surface area contributed by atoms with Crippen molar-refractivity contribution >= 4 is 23.2 Å². The third-order valence-corrected chi connectivity index (χ3v) is 3.92. The zero-order valence-corrected chi connectivity index (χ0v) is 11.6. The zero-order chi connectivity index (χ0) is 14.3. The van der Waals surface area contributed by atoms with E-state index in [2.05, 4.69) is 4.98 Å². The van der Waals surface area contributed by atoms with Gasteiger partial charge in [-0.1, -0.05) is 17.7 Å². The number of rotatable bonds is 1. The lowest BCUT2D eigenvalue weighted by atomic mass is 9.98. The topological polar surface area (TPSA) is 33.2 Å². The van der Waals surface area contributed by atoms with Crippen LogP contribution in [0.15, 0.2) is 30.6 Å². The number of benzene rings is 1. The van der Waals surface area contributed by atoms with Gasteiger partial charge in [-0.3, -0.25) is 9.78 Å². The van der Waals surface area contributed by atoms with Crippen LogP contribution in [0.1, 0.15) is 21.5 Å². The Morgan fingerprint density at radius 3 is 2.90 bits per heavy atom. The van der Waals surface area contributed by atoms with Crippen molar-refractivity contribution in [2.45, 2.75) is 13.3 Å². The third kappa shape index (κ3) is 1.96. The first kappa shape index (κ1) is 13.1. The number of carbonyl (C=O) groups is 1. The molecule has 3 rings (SSSR count). The molecule has 2 heterocycles. The summed E-state index contributed by atoms with van der Waals surface area (Å²) < 4.78 is 13.6. The summed E-state index contributed by atoms with van der Waals surface area (Å²) in [5.41, 5.74) is 2.74. The van der Waals surface area contributed by atoms with Gasteiger partial charge in [-0.05, 0) is 36.6 Å². The van der Waals surface area contributed by atoms with Crippen molar-refractivity contribution in [3.05, 3.63) is 58.1 Å². The average molecular weight is 291 g/mol. The minimum atomic E-state index is -0.566. The fraction of sp³-hybridized carbons (Fsp3) is 0.200. The highest BCUT2D eigenvalue weighted by Crippen LogP contribution is 2.31. The molecule has 1 aliphatic rings. The van der Waals surface area contributed by atoms with Gasteiger partial charge in [0, 0.05) is 12.7 Å². The maximum Gasteiger partial charge on any atom is 0.260 e. The summed E-state index contributed by atoms with van der Waals surface area (Å²) >= 11 is 5.96. The first-order valence-electron chi connectivity index (χ1n) is 6.29. The highest BCUT2D eigenvalue weighted by atomic mass is 35.5. The fourth-order valence-corrected chi connectivity index (χ4v) is 2.73. The van der Waals surface area contributed by atoms with Crippen molar-refractivity contribution in [2.75, 3.05) is 11.4 Å². The summed E-state index contributed by atoms with van der Waals surface area (Å²) in [4.78, 5) is 18.2. The maximum absolute atomic E-state index is 13.6. The molecule has 5 heteroatoms. The summed E-state index contributed by atoms with van der Waals surface area (Å²) in [6, 6.07) is 4.77. The van der Waals surface area contributed by atoms with Crippen LogP contribution in [0.5, 0.6) is 0 Å². The Bertz CT molecular complexity index is 702. The highest BCUT2D eigenvalue weighted by Gasteiger charge is 2.29. The molecular weight excluding hydrogens is 279 g/mol. The number of anilines is 1. The molecule has 0 unspecified atom stereocenters. The second kappa shape index (κ2) is 4.87. The van der Waals surface area contributed by atoms with E-state index in [4.69, 9.17) is 11.6 Å². The first-order valence-corrected chi connectivity index (χ1v) is 6.66. The Morgan fingerprint density at radius 2 is 2.15 bits per heavy atom. The number of aromatic nitrogens is 1. The summed E-state index contributed by atoms with van der Waals surface area (Å²) in [6.45, 7) is 2.45. The molecule has 2 aromatic rings. The van der Waals surface area contributed by atoms with E-state index in [1.165, 1.54) is 6.07 Å². The summed E-state index contributed by atoms with van der Waals surface area (Å²) in [7, 11) is 0. The van der Waals surface area contributed by atoms with Crippen LogP contribution in [0.3, 0.4) is 0 Å². The number of amides is 1. The van der Waals surface area contributed by atoms with Crippen molar-refractivity contribution in [3.63, 3.8) is 0 Å². The average Bonchev–Trinajstić information content (AvgIpc) is 2.44. The predicted molar refractivity (Wildman–Crippen MR) is 75.8 cm³/mol. The molecule has 0 saturated carbocycles. The number of fused-ring (bicyclic) bond motifs is 1. The van der Waals surface area contributed by atoms with Gasteiger partial charge < -0.3 is 4.90 Å². The largest absolute Gasteiger partial charge is 0.306 e. The van der Waals surface area contributed by atoms with Crippen molar-refractivity contribution in [1.82, 2.24) is 4.98 Å². The van der Waals surface area contributed by atoms with E-state index >= 15 is 0 Å². The van der Waals surface area contributed by atoms with E-state index in [0.717, 1.165) is 16.8 Å². The SMILES string of the molecule is Cc1ccncc1N1CCc2ccc(F)c(Cl)c2C1=O. The van der Waals surface area contributed by atoms with Crippen molar-refractivity contribution in [1.29, 1.82) is 0 Å². The third-order valence-electron chi connectivity index (χ3n) is 3.55. The molecule has 0 fully saturated rings. The van der Waals surface area contributed by atoms with Gasteiger partial charge in [0.05, 0.1) is 22.5 Å². The van der Waals surface area contributed by atoms with E-state index in [1.807, 2.05) is 13.0 Å². The number of aryl methyl sites for hydroxylation is 1. The number of hydrogen-bond acceptors (Lipinski definition) is 2. The van der Waals surface area contributed by atoms with E-state index in [-0.39, 0.29) is 16.5 Å². The molecular formula is C15H12ClFN2O. The van der Waals surface area contributed by atoms with Gasteiger partial charge in [0.15, 0.2) is 0 Å². The summed E-state index contributed by atoms with van der Waals surface area (Å²) in [5.74, 6) is -0.838. The predicted octanol–water partition coefficient (Wildman–Crippen LogP) is 3.39. The molecule has 0 radical (unpaired) electrons. The van der Waals surface area contributed by atoms with Crippen LogP contribution in [0.4, 0.5) is 10.1 Å². The normalized spacial score (nSPS) is 14.3. The molecule has 0 N–H and O–H groups in total. The molecule has 102 valence electrons. The second-order valence-electron chi connectivity index (χ2n) is 4.76. The molecule has 20 heavy (non-hydrogen) atoms. The van der Waals surface area contributed by atoms with Crippen molar-refractivity contribution < 1.29 is 9.18 Å². The van der Waals surface area contributed by atoms with E-state index in [0.29, 0.717) is 13.0 Å². The van der Waals surface area contributed by atoms with Crippen molar-refractivity contribution in [2.24, 2.45) is 0 Å². The molecule has 0 saturated heterocycles. The Kier molecular flexibility index (Phi) is 3.18. The van der Waals surface area contributed by atoms with Crippen molar-refractivity contribution in [3.8, 4) is 0 Å². The van der Waals surface area contributed by atoms with Gasteiger partial charge in [-0.2, -0.15) is 0 Å². The maximum atomic E-state index is 13.6. The van der Waals surface area contributed by atoms with Gasteiger partial charge in [0.2, 0.25) is 0 Å². The van der Waals surface area contributed by atoms with Crippen LogP contribution in [0.25, 0.3) is 0 Å². The minimum Gasteiger partial charge on any atom is -0.306 e. The Labute approximate surface area is 121 Å². The Morgan fingerprint density at radius 1 is 1.35 bits per heavy atom. The molecule has 0 aliphatic carbocycles. The summed E-state index contributed by atoms with van der Waals surface area (Å²) in [5, 5.41) is -0.0984. The lowest BCUT2D eigenvalue weighted by molar-refractivity contribution is 0.0980. The fourth-order valence-electron chi connectivity index (χ4n) is 2.47. The molecule has 1 aromatic heterocycles. The highest BCUT2D eigenvalue weighted by molar-refractivity contribution is 6.35. The van der Waals surface area contributed by atoms with Gasteiger partial charge >= 0.3 is 0 Å². The van der Waals surface area contributed by atoms with Crippen LogP contribution in [-0.2, 0) is 6.42 Å². The number of pyridine rings is 1. The van der Waals surface area contributed by atoms with Crippen LogP contribution in [-0.4, -0.2) is 17.4 Å². The molecule has 1 aliphatic heterocycles. The lowest BCUT2D eigenvalue weighted by Crippen LogP contribution is -2.38. The van der Waals surface area contributed by atoms with Gasteiger partial charge in [0.25, 0.3) is 5.91 Å². The number of hydrogen-bond donors (Lipinski definition) is 0. The standard InChI is InChI=1S/C15H12ClFN2O/c1-9-4-6-18-8-12(9)19-7-5-10-2-3-11(17)14(16)13(10)15(19)20/h2-4,6,8H,5,7H2,1H3. The van der Waals surface area contributed by atoms with Crippen LogP contribution in [0.2, 0.25) is 5.02 Å². The number of carbonyl (C=O) groups excluding carboxylic acids is 1. The quantitative estimate of drug-likeness (QED) is 0.806. The van der Waals surface area contributed by atoms with Crippen LogP contribution < -0.4 is 4.90 Å². The number of halogens is 2. The minimum absolute atomic E-state index is 0.0984. The number of nitrogens with zero attached hydrogens (tertiary/aromatic N) is 2. The van der Waals surface area contributed by atoms with Crippen LogP contribution >= 0.6 is 11.6 Å². The summed E-state index contributed by atoms with van der Waals surface area (Å²) in [6.07, 6.45) is 3.97. The smallest absolute Gasteiger partial charge is 0.260 e. The zero-order valence-electron chi connectivity index (χ0n) is 10.9. The Balaban J connectivity index is 2.10. The van der Waals surface area contributed by atoms with E-state index < -0.39 is 5.82 Å². The first-order chi connectivity index (χ1) is 9.59. The lowest BCUT2D eigenvalue weighted by Gasteiger charge is -2.30. The van der Waals surface area contributed by atoms with Gasteiger partial charge in [0.1, 0.15) is 5.82 Å². The van der Waals surface area contributed by atoms with Gasteiger partial charge in [-0.25, -0.2) is 4.39 Å².